The highest BCUT2D eigenvalue weighted by Crippen LogP contribution is 2.45. The summed E-state index contributed by atoms with van der Waals surface area (Å²) in [6.07, 6.45) is -4.47. The fourth-order valence-corrected chi connectivity index (χ4v) is 3.77. The zero-order valence-corrected chi connectivity index (χ0v) is 16.9. The van der Waals surface area contributed by atoms with Crippen molar-refractivity contribution >= 4 is 11.3 Å². The molecular weight excluding hydrogens is 397 g/mol. The van der Waals surface area contributed by atoms with Gasteiger partial charge in [-0.15, -0.1) is 11.3 Å². The third kappa shape index (κ3) is 4.40. The number of halogens is 3. The highest BCUT2D eigenvalue weighted by Gasteiger charge is 2.37. The molecule has 4 aromatic rings. The summed E-state index contributed by atoms with van der Waals surface area (Å²) in [5.41, 5.74) is 2.34. The molecule has 0 unspecified atom stereocenters. The predicted octanol–water partition coefficient (Wildman–Crippen LogP) is 7.49. The van der Waals surface area contributed by atoms with E-state index in [-0.39, 0.29) is 16.3 Å². The van der Waals surface area contributed by atoms with Crippen molar-refractivity contribution < 1.29 is 17.7 Å². The second kappa shape index (κ2) is 8.61. The number of benzene rings is 2. The van der Waals surface area contributed by atoms with E-state index in [1.54, 1.807) is 30.3 Å². The van der Waals surface area contributed by atoms with Crippen LogP contribution >= 0.6 is 11.3 Å². The van der Waals surface area contributed by atoms with Gasteiger partial charge in [0.1, 0.15) is 4.88 Å². The Kier molecular flexibility index (Phi) is 6.17. The third-order valence-electron chi connectivity index (χ3n) is 4.10. The van der Waals surface area contributed by atoms with Gasteiger partial charge < -0.3 is 4.52 Å². The second-order valence-corrected chi connectivity index (χ2v) is 7.01. The number of aromatic nitrogens is 2. The van der Waals surface area contributed by atoms with E-state index in [0.717, 1.165) is 11.1 Å². The lowest BCUT2D eigenvalue weighted by Crippen LogP contribution is -2.03. The molecule has 0 atom stereocenters. The van der Waals surface area contributed by atoms with Crippen molar-refractivity contribution in [1.29, 1.82) is 0 Å². The van der Waals surface area contributed by atoms with Gasteiger partial charge in [-0.2, -0.15) is 18.2 Å². The largest absolute Gasteiger partial charge is 0.426 e. The summed E-state index contributed by atoms with van der Waals surface area (Å²) in [6.45, 7) is 5.91. The Balaban J connectivity index is 0.00000117. The van der Waals surface area contributed by atoms with E-state index in [9.17, 15) is 13.2 Å². The lowest BCUT2D eigenvalue weighted by atomic mass is 10.1. The highest BCUT2D eigenvalue weighted by atomic mass is 32.1. The van der Waals surface area contributed by atoms with Crippen molar-refractivity contribution in [2.45, 2.75) is 26.9 Å². The van der Waals surface area contributed by atoms with Crippen molar-refractivity contribution in [3.8, 4) is 33.3 Å². The van der Waals surface area contributed by atoms with Crippen LogP contribution < -0.4 is 0 Å². The standard InChI is InChI=1S/C20H13F3N2OS.C2H6/c1-12-7-5-6-10-14(12)18-24-19(26-25-18)16-11-15(13-8-3-2-4-9-13)17(27-16)20(21,22)23;1-2/h2-11H,1H3;1-2H3. The molecule has 0 N–H and O–H groups in total. The van der Waals surface area contributed by atoms with E-state index in [2.05, 4.69) is 10.1 Å². The van der Waals surface area contributed by atoms with Gasteiger partial charge in [0.15, 0.2) is 0 Å². The molecule has 2 aromatic heterocycles. The Bertz CT molecular complexity index is 1080. The SMILES string of the molecule is CC.Cc1ccccc1-c1noc(-c2cc(-c3ccccc3)c(C(F)(F)F)s2)n1. The lowest BCUT2D eigenvalue weighted by Gasteiger charge is -2.07. The minimum atomic E-state index is -4.47. The molecule has 0 aliphatic rings. The van der Waals surface area contributed by atoms with Crippen LogP contribution in [0.15, 0.2) is 65.2 Å². The summed E-state index contributed by atoms with van der Waals surface area (Å²) in [5.74, 6) is 0.428. The summed E-state index contributed by atoms with van der Waals surface area (Å²) in [5, 5.41) is 3.94. The van der Waals surface area contributed by atoms with Gasteiger partial charge in [-0.25, -0.2) is 0 Å². The Morgan fingerprint density at radius 1 is 0.897 bits per heavy atom. The molecule has 2 heterocycles. The minimum Gasteiger partial charge on any atom is -0.333 e. The molecule has 0 saturated heterocycles. The normalized spacial score (nSPS) is 11.1. The number of nitrogens with zero attached hydrogens (tertiary/aromatic N) is 2. The van der Waals surface area contributed by atoms with Crippen LogP contribution in [-0.2, 0) is 6.18 Å². The monoisotopic (exact) mass is 416 g/mol. The Morgan fingerprint density at radius 2 is 1.55 bits per heavy atom. The van der Waals surface area contributed by atoms with Gasteiger partial charge in [-0.3, -0.25) is 0 Å². The molecule has 4 rings (SSSR count). The maximum Gasteiger partial charge on any atom is 0.426 e. The van der Waals surface area contributed by atoms with Crippen LogP contribution in [-0.4, -0.2) is 10.1 Å². The second-order valence-electron chi connectivity index (χ2n) is 5.96. The summed E-state index contributed by atoms with van der Waals surface area (Å²) in [7, 11) is 0. The van der Waals surface area contributed by atoms with Crippen molar-refractivity contribution in [2.24, 2.45) is 0 Å². The fourth-order valence-electron chi connectivity index (χ4n) is 2.80. The summed E-state index contributed by atoms with van der Waals surface area (Å²) >= 11 is 0.606. The number of hydrogen-bond donors (Lipinski definition) is 0. The number of alkyl halides is 3. The molecule has 0 aliphatic heterocycles. The maximum atomic E-state index is 13.5. The average molecular weight is 416 g/mol. The predicted molar refractivity (Wildman–Crippen MR) is 110 cm³/mol. The van der Waals surface area contributed by atoms with E-state index in [1.165, 1.54) is 6.07 Å². The zero-order valence-electron chi connectivity index (χ0n) is 16.1. The molecule has 2 aromatic carbocycles. The van der Waals surface area contributed by atoms with Crippen molar-refractivity contribution in [1.82, 2.24) is 10.1 Å². The molecule has 0 spiro atoms. The molecule has 3 nitrogen and oxygen atoms in total. The molecule has 0 aliphatic carbocycles. The molecule has 0 radical (unpaired) electrons. The fraction of sp³-hybridized carbons (Fsp3) is 0.182. The Labute approximate surface area is 170 Å². The minimum absolute atomic E-state index is 0.0749. The summed E-state index contributed by atoms with van der Waals surface area (Å²) in [6, 6.07) is 17.4. The molecule has 0 fully saturated rings. The van der Waals surface area contributed by atoms with Crippen molar-refractivity contribution in [2.75, 3.05) is 0 Å². The number of thiophene rings is 1. The van der Waals surface area contributed by atoms with E-state index in [1.807, 2.05) is 45.0 Å². The van der Waals surface area contributed by atoms with Crippen LogP contribution in [0, 0.1) is 6.92 Å². The third-order valence-corrected chi connectivity index (χ3v) is 5.26. The van der Waals surface area contributed by atoms with E-state index < -0.39 is 11.1 Å². The first kappa shape index (κ1) is 20.8. The number of hydrogen-bond acceptors (Lipinski definition) is 4. The molecular formula is C22H19F3N2OS. The first-order chi connectivity index (χ1) is 13.9. The van der Waals surface area contributed by atoms with E-state index >= 15 is 0 Å². The van der Waals surface area contributed by atoms with Gasteiger partial charge in [-0.05, 0) is 24.1 Å². The van der Waals surface area contributed by atoms with Gasteiger partial charge >= 0.3 is 6.18 Å². The molecule has 29 heavy (non-hydrogen) atoms. The average Bonchev–Trinajstić information content (AvgIpc) is 3.38. The number of rotatable bonds is 3. The smallest absolute Gasteiger partial charge is 0.333 e. The topological polar surface area (TPSA) is 38.9 Å². The summed E-state index contributed by atoms with van der Waals surface area (Å²) < 4.78 is 45.8. The van der Waals surface area contributed by atoms with Crippen LogP contribution in [0.1, 0.15) is 24.3 Å². The van der Waals surface area contributed by atoms with Gasteiger partial charge in [0.2, 0.25) is 5.82 Å². The number of aryl methyl sites for hydroxylation is 1. The Morgan fingerprint density at radius 3 is 2.21 bits per heavy atom. The lowest BCUT2D eigenvalue weighted by molar-refractivity contribution is -0.133. The molecule has 0 amide bonds. The van der Waals surface area contributed by atoms with E-state index in [0.29, 0.717) is 22.7 Å². The highest BCUT2D eigenvalue weighted by molar-refractivity contribution is 7.16. The zero-order chi connectivity index (χ0) is 21.0. The maximum absolute atomic E-state index is 13.5. The Hall–Kier alpha value is -2.93. The van der Waals surface area contributed by atoms with Crippen LogP contribution in [0.2, 0.25) is 0 Å². The molecule has 7 heteroatoms. The molecule has 0 bridgehead atoms. The van der Waals surface area contributed by atoms with Crippen LogP contribution in [0.4, 0.5) is 13.2 Å². The van der Waals surface area contributed by atoms with Crippen LogP contribution in [0.25, 0.3) is 33.3 Å². The summed E-state index contributed by atoms with van der Waals surface area (Å²) in [4.78, 5) is 3.91. The van der Waals surface area contributed by atoms with Crippen LogP contribution in [0.3, 0.4) is 0 Å². The quantitative estimate of drug-likeness (QED) is 0.347. The molecule has 150 valence electrons. The van der Waals surface area contributed by atoms with Gasteiger partial charge in [0.25, 0.3) is 5.89 Å². The van der Waals surface area contributed by atoms with E-state index in [4.69, 9.17) is 4.52 Å². The molecule has 0 saturated carbocycles. The first-order valence-electron chi connectivity index (χ1n) is 9.10. The van der Waals surface area contributed by atoms with Crippen molar-refractivity contribution in [3.63, 3.8) is 0 Å². The first-order valence-corrected chi connectivity index (χ1v) is 9.91. The van der Waals surface area contributed by atoms with Gasteiger partial charge in [-0.1, -0.05) is 73.6 Å². The van der Waals surface area contributed by atoms with Crippen molar-refractivity contribution in [3.05, 3.63) is 71.1 Å². The van der Waals surface area contributed by atoms with Gasteiger partial charge in [0.05, 0.1) is 4.88 Å². The van der Waals surface area contributed by atoms with Gasteiger partial charge in [0, 0.05) is 11.1 Å². The van der Waals surface area contributed by atoms with Crippen LogP contribution in [0.5, 0.6) is 0 Å².